The summed E-state index contributed by atoms with van der Waals surface area (Å²) in [6, 6.07) is 0. The minimum absolute atomic E-state index is 0.163. The van der Waals surface area contributed by atoms with E-state index in [4.69, 9.17) is 4.74 Å². The second kappa shape index (κ2) is 14.3. The van der Waals surface area contributed by atoms with Gasteiger partial charge in [0, 0.05) is 72.0 Å². The van der Waals surface area contributed by atoms with Crippen molar-refractivity contribution < 1.29 is 14.6 Å². The van der Waals surface area contributed by atoms with Gasteiger partial charge in [-0.25, -0.2) is 0 Å². The molecule has 1 saturated heterocycles. The highest BCUT2D eigenvalue weighted by molar-refractivity contribution is 5.72. The molecule has 0 radical (unpaired) electrons. The summed E-state index contributed by atoms with van der Waals surface area (Å²) in [5.74, 6) is -0.163. The first-order valence-corrected chi connectivity index (χ1v) is 13.7. The van der Waals surface area contributed by atoms with Crippen LogP contribution in [0.2, 0.25) is 0 Å². The molecule has 1 N–H and O–H groups in total. The molecule has 7 nitrogen and oxygen atoms in total. The second-order valence-electron chi connectivity index (χ2n) is 13.9. The number of hydrogen-bond acceptors (Lipinski definition) is 7. The van der Waals surface area contributed by atoms with E-state index in [0.29, 0.717) is 13.1 Å². The number of aliphatic hydroxyl groups is 1. The molecular formula is C28H58N4O3. The van der Waals surface area contributed by atoms with Crippen LogP contribution < -0.4 is 0 Å². The highest BCUT2D eigenvalue weighted by Crippen LogP contribution is 2.18. The third-order valence-corrected chi connectivity index (χ3v) is 6.04. The number of β-amino-alcohol motifs (C(OH)–C–C–N with tert-alkyl or cyclic N) is 1. The third kappa shape index (κ3) is 16.6. The molecule has 0 spiro atoms. The number of carbonyl (C=O) groups is 1. The Hall–Kier alpha value is -0.730. The first-order valence-electron chi connectivity index (χ1n) is 13.7. The van der Waals surface area contributed by atoms with Crippen molar-refractivity contribution >= 4 is 5.97 Å². The number of rotatable bonds is 7. The van der Waals surface area contributed by atoms with Crippen LogP contribution >= 0.6 is 0 Å². The Morgan fingerprint density at radius 3 is 1.43 bits per heavy atom. The van der Waals surface area contributed by atoms with Gasteiger partial charge in [0.05, 0.1) is 12.6 Å². The highest BCUT2D eigenvalue weighted by atomic mass is 16.6. The molecule has 1 atom stereocenters. The molecule has 0 amide bonds. The Kier molecular flexibility index (Phi) is 13.2. The minimum Gasteiger partial charge on any atom is -0.459 e. The minimum atomic E-state index is -0.477. The van der Waals surface area contributed by atoms with Crippen LogP contribution in [-0.2, 0) is 9.53 Å². The normalized spacial score (nSPS) is 20.8. The summed E-state index contributed by atoms with van der Waals surface area (Å²) >= 11 is 0. The smallest absolute Gasteiger partial charge is 0.320 e. The number of ether oxygens (including phenoxy) is 1. The average Bonchev–Trinajstić information content (AvgIpc) is 2.66. The maximum atomic E-state index is 12.7. The monoisotopic (exact) mass is 498 g/mol. The number of nitrogens with zero attached hydrogens (tertiary/aromatic N) is 4. The highest BCUT2D eigenvalue weighted by Gasteiger charge is 2.24. The van der Waals surface area contributed by atoms with Gasteiger partial charge in [-0.3, -0.25) is 14.6 Å². The van der Waals surface area contributed by atoms with Gasteiger partial charge in [-0.1, -0.05) is 48.5 Å². The molecule has 1 rings (SSSR count). The van der Waals surface area contributed by atoms with E-state index in [1.54, 1.807) is 0 Å². The molecule has 0 aromatic heterocycles. The van der Waals surface area contributed by atoms with E-state index in [-0.39, 0.29) is 22.9 Å². The van der Waals surface area contributed by atoms with E-state index in [1.165, 1.54) is 0 Å². The molecule has 7 heteroatoms. The molecule has 0 saturated carbocycles. The Morgan fingerprint density at radius 2 is 1.09 bits per heavy atom. The van der Waals surface area contributed by atoms with Crippen molar-refractivity contribution in [1.29, 1.82) is 0 Å². The molecular weight excluding hydrogens is 440 g/mol. The molecule has 1 heterocycles. The van der Waals surface area contributed by atoms with Crippen molar-refractivity contribution in [3.63, 3.8) is 0 Å². The van der Waals surface area contributed by atoms with Crippen molar-refractivity contribution in [1.82, 2.24) is 19.6 Å². The van der Waals surface area contributed by atoms with E-state index in [0.717, 1.165) is 71.9 Å². The Labute approximate surface area is 217 Å². The summed E-state index contributed by atoms with van der Waals surface area (Å²) in [6.45, 7) is 32.0. The van der Waals surface area contributed by atoms with Gasteiger partial charge >= 0.3 is 5.97 Å². The number of esters is 1. The lowest BCUT2D eigenvalue weighted by Crippen LogP contribution is -2.50. The molecule has 0 aromatic rings. The fourth-order valence-electron chi connectivity index (χ4n) is 4.56. The van der Waals surface area contributed by atoms with Gasteiger partial charge < -0.3 is 19.6 Å². The van der Waals surface area contributed by atoms with Crippen LogP contribution in [0, 0.1) is 10.8 Å². The van der Waals surface area contributed by atoms with E-state index in [1.807, 2.05) is 27.7 Å². The summed E-state index contributed by atoms with van der Waals surface area (Å²) in [6.07, 6.45) is 0.437. The average molecular weight is 499 g/mol. The SMILES string of the molecule is CCC(O)CN1CCN(CC(=O)OC(C)(C)C)CCN(CC(C)(C)C)CCN(CC(C)(C)C)CC1. The van der Waals surface area contributed by atoms with Gasteiger partial charge in [0.2, 0.25) is 0 Å². The first kappa shape index (κ1) is 32.3. The lowest BCUT2D eigenvalue weighted by molar-refractivity contribution is -0.156. The fraction of sp³-hybridized carbons (Fsp3) is 0.964. The lowest BCUT2D eigenvalue weighted by Gasteiger charge is -2.38. The van der Waals surface area contributed by atoms with Crippen molar-refractivity contribution in [2.45, 2.75) is 87.4 Å². The Bertz CT molecular complexity index is 607. The zero-order valence-electron chi connectivity index (χ0n) is 24.8. The lowest BCUT2D eigenvalue weighted by atomic mass is 9.95. The van der Waals surface area contributed by atoms with Crippen LogP contribution in [0.3, 0.4) is 0 Å². The zero-order valence-corrected chi connectivity index (χ0v) is 24.8. The molecule has 208 valence electrons. The predicted octanol–water partition coefficient (Wildman–Crippen LogP) is 3.41. The van der Waals surface area contributed by atoms with Crippen molar-refractivity contribution in [3.05, 3.63) is 0 Å². The maximum Gasteiger partial charge on any atom is 0.320 e. The maximum absolute atomic E-state index is 12.7. The molecule has 1 fully saturated rings. The number of hydrogen-bond donors (Lipinski definition) is 1. The van der Waals surface area contributed by atoms with Crippen LogP contribution in [0.1, 0.15) is 75.7 Å². The van der Waals surface area contributed by atoms with E-state index in [2.05, 4.69) is 61.1 Å². The molecule has 0 bridgehead atoms. The van der Waals surface area contributed by atoms with E-state index < -0.39 is 5.60 Å². The zero-order chi connectivity index (χ0) is 26.9. The number of carbonyl (C=O) groups excluding carboxylic acids is 1. The predicted molar refractivity (Wildman–Crippen MR) is 147 cm³/mol. The Balaban J connectivity index is 3.05. The third-order valence-electron chi connectivity index (χ3n) is 6.04. The summed E-state index contributed by atoms with van der Waals surface area (Å²) < 4.78 is 5.64. The summed E-state index contributed by atoms with van der Waals surface area (Å²) in [5.41, 5.74) is -0.0193. The van der Waals surface area contributed by atoms with Crippen molar-refractivity contribution in [2.75, 3.05) is 78.5 Å². The van der Waals surface area contributed by atoms with Crippen LogP contribution in [-0.4, -0.2) is 121 Å². The van der Waals surface area contributed by atoms with Gasteiger partial charge in [-0.15, -0.1) is 0 Å². The van der Waals surface area contributed by atoms with Crippen molar-refractivity contribution in [3.8, 4) is 0 Å². The topological polar surface area (TPSA) is 59.5 Å². The van der Waals surface area contributed by atoms with Gasteiger partial charge in [0.1, 0.15) is 5.60 Å². The Morgan fingerprint density at radius 1 is 0.714 bits per heavy atom. The summed E-state index contributed by atoms with van der Waals surface area (Å²) in [4.78, 5) is 22.4. The van der Waals surface area contributed by atoms with Gasteiger partial charge in [-0.05, 0) is 38.0 Å². The number of aliphatic hydroxyl groups excluding tert-OH is 1. The fourth-order valence-corrected chi connectivity index (χ4v) is 4.56. The molecule has 1 unspecified atom stereocenters. The molecule has 1 aliphatic rings. The van der Waals surface area contributed by atoms with Crippen LogP contribution in [0.5, 0.6) is 0 Å². The van der Waals surface area contributed by atoms with Crippen LogP contribution in [0.4, 0.5) is 0 Å². The van der Waals surface area contributed by atoms with E-state index in [9.17, 15) is 9.90 Å². The second-order valence-corrected chi connectivity index (χ2v) is 13.9. The van der Waals surface area contributed by atoms with Gasteiger partial charge in [0.15, 0.2) is 0 Å². The first-order chi connectivity index (χ1) is 16.0. The summed E-state index contributed by atoms with van der Waals surface area (Å²) in [7, 11) is 0. The quantitative estimate of drug-likeness (QED) is 0.540. The van der Waals surface area contributed by atoms with Gasteiger partial charge in [-0.2, -0.15) is 0 Å². The van der Waals surface area contributed by atoms with Crippen LogP contribution in [0.25, 0.3) is 0 Å². The molecule has 0 aromatic carbocycles. The van der Waals surface area contributed by atoms with Crippen molar-refractivity contribution in [2.24, 2.45) is 10.8 Å². The largest absolute Gasteiger partial charge is 0.459 e. The molecule has 1 aliphatic heterocycles. The standard InChI is InChI=1S/C28H58N4O3/c1-11-24(33)20-29-12-13-30(21-25(34)35-28(8,9)10)15-17-32(23-27(5,6)7)19-18-31(16-14-29)22-26(2,3)4/h24,33H,11-23H2,1-10H3. The molecule has 35 heavy (non-hydrogen) atoms. The van der Waals surface area contributed by atoms with Gasteiger partial charge in [0.25, 0.3) is 0 Å². The van der Waals surface area contributed by atoms with E-state index >= 15 is 0 Å². The van der Waals surface area contributed by atoms with Crippen LogP contribution in [0.15, 0.2) is 0 Å². The summed E-state index contributed by atoms with van der Waals surface area (Å²) in [5, 5.41) is 10.4. The molecule has 0 aliphatic carbocycles.